The number of nitrogens with one attached hydrogen (secondary N) is 1. The van der Waals surface area contributed by atoms with Crippen molar-refractivity contribution in [3.8, 4) is 11.5 Å². The molecule has 0 aromatic heterocycles. The second-order valence-corrected chi connectivity index (χ2v) is 10.6. The van der Waals surface area contributed by atoms with Crippen LogP contribution >= 0.6 is 0 Å². The average Bonchev–Trinajstić information content (AvgIpc) is 3.32. The SMILES string of the molecule is C[C@H]1CC[C@H]2C(C)(C)[C@H]3O[C@H]3C[C@]23Oc2c(c(O)cc4c2CNC4=O)C[C@]13C. The number of phenolic OH excluding ortho intramolecular Hbond substituents is 1. The number of carbonyl (C=O) groups excluding carboxylic acids is 1. The minimum Gasteiger partial charge on any atom is -0.508 e. The Bertz CT molecular complexity index is 924. The highest BCUT2D eigenvalue weighted by molar-refractivity contribution is 6.00. The third-order valence-electron chi connectivity index (χ3n) is 9.19. The largest absolute Gasteiger partial charge is 0.508 e. The van der Waals surface area contributed by atoms with Crippen LogP contribution in [-0.2, 0) is 17.7 Å². The van der Waals surface area contributed by atoms with Crippen LogP contribution < -0.4 is 10.1 Å². The Morgan fingerprint density at radius 3 is 2.79 bits per heavy atom. The van der Waals surface area contributed by atoms with E-state index in [1.165, 1.54) is 6.42 Å². The fourth-order valence-corrected chi connectivity index (χ4v) is 7.35. The molecule has 6 rings (SSSR count). The molecule has 150 valence electrons. The van der Waals surface area contributed by atoms with E-state index >= 15 is 0 Å². The van der Waals surface area contributed by atoms with Gasteiger partial charge in [0.1, 0.15) is 17.1 Å². The highest BCUT2D eigenvalue weighted by Crippen LogP contribution is 2.69. The molecule has 1 aromatic carbocycles. The topological polar surface area (TPSA) is 71.1 Å². The monoisotopic (exact) mass is 383 g/mol. The van der Waals surface area contributed by atoms with Gasteiger partial charge in [0.15, 0.2) is 0 Å². The van der Waals surface area contributed by atoms with Crippen molar-refractivity contribution in [1.82, 2.24) is 5.32 Å². The van der Waals surface area contributed by atoms with Gasteiger partial charge >= 0.3 is 0 Å². The Labute approximate surface area is 165 Å². The molecule has 2 N–H and O–H groups in total. The van der Waals surface area contributed by atoms with Gasteiger partial charge in [0.25, 0.3) is 5.91 Å². The van der Waals surface area contributed by atoms with E-state index in [1.54, 1.807) is 6.07 Å². The summed E-state index contributed by atoms with van der Waals surface area (Å²) < 4.78 is 13.2. The summed E-state index contributed by atoms with van der Waals surface area (Å²) in [6.45, 7) is 9.87. The molecule has 3 heterocycles. The van der Waals surface area contributed by atoms with Crippen molar-refractivity contribution in [2.75, 3.05) is 0 Å². The van der Waals surface area contributed by atoms with Crippen molar-refractivity contribution in [1.29, 1.82) is 0 Å². The Balaban J connectivity index is 1.59. The molecule has 3 fully saturated rings. The molecule has 2 saturated carbocycles. The molecule has 0 unspecified atom stereocenters. The van der Waals surface area contributed by atoms with E-state index in [2.05, 4.69) is 33.0 Å². The lowest BCUT2D eigenvalue weighted by Gasteiger charge is -2.65. The molecule has 3 aliphatic heterocycles. The second-order valence-electron chi connectivity index (χ2n) is 10.6. The normalized spacial score (nSPS) is 44.2. The molecule has 1 aromatic rings. The van der Waals surface area contributed by atoms with Gasteiger partial charge in [0, 0.05) is 40.8 Å². The maximum Gasteiger partial charge on any atom is 0.252 e. The van der Waals surface area contributed by atoms with E-state index in [1.807, 2.05) is 0 Å². The van der Waals surface area contributed by atoms with Crippen LogP contribution in [0.3, 0.4) is 0 Å². The Kier molecular flexibility index (Phi) is 2.98. The number of ether oxygens (including phenoxy) is 2. The Morgan fingerprint density at radius 2 is 2.00 bits per heavy atom. The quantitative estimate of drug-likeness (QED) is 0.672. The van der Waals surface area contributed by atoms with Crippen LogP contribution in [-0.4, -0.2) is 28.8 Å². The first kappa shape index (κ1) is 17.1. The summed E-state index contributed by atoms with van der Waals surface area (Å²) in [5, 5.41) is 13.7. The highest BCUT2D eigenvalue weighted by atomic mass is 16.6. The number of amides is 1. The first-order valence-corrected chi connectivity index (χ1v) is 10.7. The third-order valence-corrected chi connectivity index (χ3v) is 9.19. The van der Waals surface area contributed by atoms with Crippen molar-refractivity contribution in [2.24, 2.45) is 22.7 Å². The zero-order valence-electron chi connectivity index (χ0n) is 17.1. The zero-order valence-corrected chi connectivity index (χ0v) is 17.1. The minimum absolute atomic E-state index is 0.0654. The van der Waals surface area contributed by atoms with Gasteiger partial charge in [-0.3, -0.25) is 4.79 Å². The van der Waals surface area contributed by atoms with E-state index in [9.17, 15) is 9.90 Å². The van der Waals surface area contributed by atoms with Gasteiger partial charge in [-0.25, -0.2) is 0 Å². The predicted octanol–water partition coefficient (Wildman–Crippen LogP) is 3.56. The lowest BCUT2D eigenvalue weighted by Crippen LogP contribution is -2.69. The highest BCUT2D eigenvalue weighted by Gasteiger charge is 2.73. The summed E-state index contributed by atoms with van der Waals surface area (Å²) in [4.78, 5) is 12.2. The number of fused-ring (bicyclic) bond motifs is 4. The summed E-state index contributed by atoms with van der Waals surface area (Å²) in [7, 11) is 0. The molecule has 6 atom stereocenters. The Morgan fingerprint density at radius 1 is 1.21 bits per heavy atom. The number of phenols is 1. The van der Waals surface area contributed by atoms with E-state index in [-0.39, 0.29) is 34.2 Å². The number of epoxide rings is 1. The standard InChI is InChI=1S/C23H29NO4/c1-11-5-6-17-21(2,3)19-16(27-19)9-23(17)22(11,4)8-13-15(25)7-12-14(18(13)28-23)10-24-20(12)26/h7,11,16-17,19,25H,5-6,8-10H2,1-4H3,(H,24,26)/t11-,16-,17-,19-,22+,23-/m0/s1. The zero-order chi connectivity index (χ0) is 19.6. The average molecular weight is 383 g/mol. The first-order chi connectivity index (χ1) is 13.2. The van der Waals surface area contributed by atoms with Gasteiger partial charge in [0.05, 0.1) is 17.8 Å². The molecule has 2 aliphatic carbocycles. The Hall–Kier alpha value is -1.75. The molecule has 1 amide bonds. The van der Waals surface area contributed by atoms with Crippen LogP contribution in [0.4, 0.5) is 0 Å². The molecule has 5 aliphatic rings. The number of hydrogen-bond acceptors (Lipinski definition) is 4. The molecule has 28 heavy (non-hydrogen) atoms. The number of rotatable bonds is 0. The first-order valence-electron chi connectivity index (χ1n) is 10.7. The molecular weight excluding hydrogens is 354 g/mol. The van der Waals surface area contributed by atoms with Crippen LogP contribution in [0.2, 0.25) is 0 Å². The molecule has 1 spiro atoms. The van der Waals surface area contributed by atoms with Crippen molar-refractivity contribution in [3.05, 3.63) is 22.8 Å². The van der Waals surface area contributed by atoms with Gasteiger partial charge in [-0.15, -0.1) is 0 Å². The second kappa shape index (κ2) is 4.86. The van der Waals surface area contributed by atoms with Gasteiger partial charge in [-0.2, -0.15) is 0 Å². The van der Waals surface area contributed by atoms with E-state index in [4.69, 9.17) is 9.47 Å². The van der Waals surface area contributed by atoms with Crippen molar-refractivity contribution >= 4 is 5.91 Å². The molecule has 5 heteroatoms. The van der Waals surface area contributed by atoms with E-state index in [0.717, 1.165) is 36.1 Å². The van der Waals surface area contributed by atoms with E-state index < -0.39 is 0 Å². The number of aromatic hydroxyl groups is 1. The van der Waals surface area contributed by atoms with Crippen LogP contribution in [0.25, 0.3) is 0 Å². The van der Waals surface area contributed by atoms with Gasteiger partial charge in [0.2, 0.25) is 0 Å². The molecule has 5 nitrogen and oxygen atoms in total. The summed E-state index contributed by atoms with van der Waals surface area (Å²) in [6.07, 6.45) is 4.63. The maximum absolute atomic E-state index is 12.2. The summed E-state index contributed by atoms with van der Waals surface area (Å²) in [5.41, 5.74) is 2.04. The van der Waals surface area contributed by atoms with Gasteiger partial charge in [-0.1, -0.05) is 27.7 Å². The van der Waals surface area contributed by atoms with Crippen molar-refractivity contribution < 1.29 is 19.4 Å². The summed E-state index contributed by atoms with van der Waals surface area (Å²) >= 11 is 0. The van der Waals surface area contributed by atoms with Crippen molar-refractivity contribution in [2.45, 2.75) is 77.7 Å². The number of carbonyl (C=O) groups is 1. The minimum atomic E-state index is -0.313. The van der Waals surface area contributed by atoms with Crippen LogP contribution in [0, 0.1) is 22.7 Å². The number of benzene rings is 1. The smallest absolute Gasteiger partial charge is 0.252 e. The van der Waals surface area contributed by atoms with Gasteiger partial charge in [-0.05, 0) is 31.2 Å². The molecule has 1 saturated heterocycles. The predicted molar refractivity (Wildman–Crippen MR) is 103 cm³/mol. The maximum atomic E-state index is 12.2. The fourth-order valence-electron chi connectivity index (χ4n) is 7.35. The summed E-state index contributed by atoms with van der Waals surface area (Å²) in [6, 6.07) is 1.64. The summed E-state index contributed by atoms with van der Waals surface area (Å²) in [5.74, 6) is 1.74. The molecule has 0 bridgehead atoms. The third kappa shape index (κ3) is 1.76. The lowest BCUT2D eigenvalue weighted by molar-refractivity contribution is -0.203. The molecule has 0 radical (unpaired) electrons. The van der Waals surface area contributed by atoms with Crippen LogP contribution in [0.15, 0.2) is 6.07 Å². The lowest BCUT2D eigenvalue weighted by atomic mass is 9.44. The fraction of sp³-hybridized carbons (Fsp3) is 0.696. The van der Waals surface area contributed by atoms with Crippen molar-refractivity contribution in [3.63, 3.8) is 0 Å². The van der Waals surface area contributed by atoms with Crippen LogP contribution in [0.1, 0.15) is 68.4 Å². The van der Waals surface area contributed by atoms with E-state index in [0.29, 0.717) is 30.0 Å². The number of hydrogen-bond donors (Lipinski definition) is 2. The van der Waals surface area contributed by atoms with Gasteiger partial charge < -0.3 is 19.9 Å². The van der Waals surface area contributed by atoms with Crippen LogP contribution in [0.5, 0.6) is 11.5 Å². The molecular formula is C23H29NO4.